The van der Waals surface area contributed by atoms with E-state index in [1.807, 2.05) is 30.3 Å². The first-order valence-corrected chi connectivity index (χ1v) is 5.93. The predicted molar refractivity (Wildman–Crippen MR) is 78.4 cm³/mol. The second-order valence-corrected chi connectivity index (χ2v) is 4.38. The fourth-order valence-electron chi connectivity index (χ4n) is 1.94. The molecule has 0 aliphatic rings. The summed E-state index contributed by atoms with van der Waals surface area (Å²) < 4.78 is 0. The standard InChI is InChI=1S/C15H17NO2.ClH/c16-15(12-7-4-8-13(17)10-12)14(18)9-11-5-2-1-3-6-11;/h1-8,10,14-15,17-18H,9,16H2;1H/t14-,15+;/m1./s1. The minimum Gasteiger partial charge on any atom is -0.508 e. The number of phenolic OH excluding ortho intramolecular Hbond substituents is 1. The van der Waals surface area contributed by atoms with E-state index in [0.717, 1.165) is 11.1 Å². The molecule has 0 fully saturated rings. The first kappa shape index (κ1) is 15.5. The SMILES string of the molecule is Cl.N[C@@H](c1cccc(O)c1)[C@H](O)Cc1ccccc1. The number of halogens is 1. The fourth-order valence-corrected chi connectivity index (χ4v) is 1.94. The molecule has 0 unspecified atom stereocenters. The molecule has 4 heteroatoms. The molecule has 3 nitrogen and oxygen atoms in total. The number of hydrogen-bond acceptors (Lipinski definition) is 3. The van der Waals surface area contributed by atoms with Gasteiger partial charge in [0.1, 0.15) is 5.75 Å². The highest BCUT2D eigenvalue weighted by atomic mass is 35.5. The summed E-state index contributed by atoms with van der Waals surface area (Å²) in [7, 11) is 0. The van der Waals surface area contributed by atoms with E-state index in [0.29, 0.717) is 6.42 Å². The van der Waals surface area contributed by atoms with Crippen LogP contribution in [0.4, 0.5) is 0 Å². The van der Waals surface area contributed by atoms with Gasteiger partial charge in [0.15, 0.2) is 0 Å². The van der Waals surface area contributed by atoms with Gasteiger partial charge in [0.05, 0.1) is 12.1 Å². The van der Waals surface area contributed by atoms with Gasteiger partial charge in [-0.05, 0) is 23.3 Å². The molecule has 0 heterocycles. The van der Waals surface area contributed by atoms with E-state index in [1.165, 1.54) is 0 Å². The zero-order valence-corrected chi connectivity index (χ0v) is 11.3. The lowest BCUT2D eigenvalue weighted by molar-refractivity contribution is 0.145. The number of nitrogens with two attached hydrogens (primary N) is 1. The normalized spacial score (nSPS) is 13.4. The number of benzene rings is 2. The Morgan fingerprint density at radius 1 is 1.00 bits per heavy atom. The average Bonchev–Trinajstić information content (AvgIpc) is 2.39. The lowest BCUT2D eigenvalue weighted by atomic mass is 9.97. The van der Waals surface area contributed by atoms with Crippen molar-refractivity contribution in [2.45, 2.75) is 18.6 Å². The smallest absolute Gasteiger partial charge is 0.115 e. The molecule has 2 aromatic carbocycles. The van der Waals surface area contributed by atoms with Crippen LogP contribution >= 0.6 is 12.4 Å². The van der Waals surface area contributed by atoms with Crippen LogP contribution in [0.3, 0.4) is 0 Å². The van der Waals surface area contributed by atoms with Gasteiger partial charge < -0.3 is 15.9 Å². The Hall–Kier alpha value is -1.55. The Morgan fingerprint density at radius 2 is 1.68 bits per heavy atom. The number of phenols is 1. The van der Waals surface area contributed by atoms with Crippen molar-refractivity contribution in [2.24, 2.45) is 5.73 Å². The van der Waals surface area contributed by atoms with Crippen molar-refractivity contribution in [3.63, 3.8) is 0 Å². The molecule has 102 valence electrons. The van der Waals surface area contributed by atoms with Gasteiger partial charge in [0.25, 0.3) is 0 Å². The molecule has 0 aromatic heterocycles. The Bertz CT molecular complexity index is 505. The Labute approximate surface area is 119 Å². The largest absolute Gasteiger partial charge is 0.508 e. The van der Waals surface area contributed by atoms with Crippen molar-refractivity contribution in [1.82, 2.24) is 0 Å². The molecule has 0 bridgehead atoms. The number of aromatic hydroxyl groups is 1. The molecule has 0 aliphatic carbocycles. The van der Waals surface area contributed by atoms with Crippen molar-refractivity contribution in [1.29, 1.82) is 0 Å². The van der Waals surface area contributed by atoms with E-state index < -0.39 is 12.1 Å². The second-order valence-electron chi connectivity index (χ2n) is 4.38. The molecular formula is C15H18ClNO2. The summed E-state index contributed by atoms with van der Waals surface area (Å²) in [6.07, 6.45) is -0.174. The molecule has 4 N–H and O–H groups in total. The van der Waals surface area contributed by atoms with E-state index >= 15 is 0 Å². The van der Waals surface area contributed by atoms with Crippen LogP contribution < -0.4 is 5.73 Å². The summed E-state index contributed by atoms with van der Waals surface area (Å²) >= 11 is 0. The fraction of sp³-hybridized carbons (Fsp3) is 0.200. The molecule has 2 rings (SSSR count). The topological polar surface area (TPSA) is 66.5 Å². The lowest BCUT2D eigenvalue weighted by Gasteiger charge is -2.19. The summed E-state index contributed by atoms with van der Waals surface area (Å²) in [6, 6.07) is 15.9. The average molecular weight is 280 g/mol. The Balaban J connectivity index is 0.00000180. The molecule has 0 spiro atoms. The Kier molecular flexibility index (Phi) is 5.83. The van der Waals surface area contributed by atoms with Gasteiger partial charge >= 0.3 is 0 Å². The molecule has 2 atom stereocenters. The van der Waals surface area contributed by atoms with E-state index in [2.05, 4.69) is 0 Å². The first-order chi connectivity index (χ1) is 8.66. The van der Waals surface area contributed by atoms with Gasteiger partial charge in [0, 0.05) is 6.42 Å². The maximum absolute atomic E-state index is 10.1. The highest BCUT2D eigenvalue weighted by Gasteiger charge is 2.17. The van der Waals surface area contributed by atoms with Crippen LogP contribution in [-0.4, -0.2) is 16.3 Å². The highest BCUT2D eigenvalue weighted by molar-refractivity contribution is 5.85. The van der Waals surface area contributed by atoms with Gasteiger partial charge in [-0.1, -0.05) is 42.5 Å². The van der Waals surface area contributed by atoms with Crippen LogP contribution in [0.25, 0.3) is 0 Å². The van der Waals surface area contributed by atoms with Crippen LogP contribution in [0.5, 0.6) is 5.75 Å². The van der Waals surface area contributed by atoms with E-state index in [9.17, 15) is 10.2 Å². The Morgan fingerprint density at radius 3 is 2.32 bits per heavy atom. The molecule has 0 amide bonds. The summed E-state index contributed by atoms with van der Waals surface area (Å²) in [5, 5.41) is 19.5. The summed E-state index contributed by atoms with van der Waals surface area (Å²) in [5.41, 5.74) is 7.77. The maximum atomic E-state index is 10.1. The van der Waals surface area contributed by atoms with E-state index in [4.69, 9.17) is 5.73 Å². The monoisotopic (exact) mass is 279 g/mol. The molecule has 2 aromatic rings. The first-order valence-electron chi connectivity index (χ1n) is 5.93. The van der Waals surface area contributed by atoms with E-state index in [1.54, 1.807) is 24.3 Å². The number of hydrogen-bond donors (Lipinski definition) is 3. The van der Waals surface area contributed by atoms with Crippen molar-refractivity contribution < 1.29 is 10.2 Å². The third-order valence-electron chi connectivity index (χ3n) is 2.96. The van der Waals surface area contributed by atoms with Gasteiger partial charge in [-0.2, -0.15) is 0 Å². The number of aliphatic hydroxyl groups is 1. The molecular weight excluding hydrogens is 262 g/mol. The minimum atomic E-state index is -0.672. The molecule has 0 radical (unpaired) electrons. The van der Waals surface area contributed by atoms with Crippen LogP contribution in [0.1, 0.15) is 17.2 Å². The van der Waals surface area contributed by atoms with Gasteiger partial charge in [-0.15, -0.1) is 12.4 Å². The van der Waals surface area contributed by atoms with Crippen LogP contribution in [0, 0.1) is 0 Å². The third kappa shape index (κ3) is 4.24. The zero-order valence-electron chi connectivity index (χ0n) is 10.4. The maximum Gasteiger partial charge on any atom is 0.115 e. The van der Waals surface area contributed by atoms with Crippen LogP contribution in [-0.2, 0) is 6.42 Å². The van der Waals surface area contributed by atoms with Crippen molar-refractivity contribution in [3.05, 3.63) is 65.7 Å². The lowest BCUT2D eigenvalue weighted by Crippen LogP contribution is -2.28. The molecule has 19 heavy (non-hydrogen) atoms. The number of rotatable bonds is 4. The quantitative estimate of drug-likeness (QED) is 0.805. The zero-order chi connectivity index (χ0) is 13.0. The van der Waals surface area contributed by atoms with Crippen LogP contribution in [0.2, 0.25) is 0 Å². The second kappa shape index (κ2) is 7.14. The summed E-state index contributed by atoms with van der Waals surface area (Å²) in [5.74, 6) is 0.162. The molecule has 0 saturated heterocycles. The molecule has 0 aliphatic heterocycles. The minimum absolute atomic E-state index is 0. The van der Waals surface area contributed by atoms with Gasteiger partial charge in [-0.25, -0.2) is 0 Å². The van der Waals surface area contributed by atoms with E-state index in [-0.39, 0.29) is 18.2 Å². The van der Waals surface area contributed by atoms with Crippen molar-refractivity contribution in [2.75, 3.05) is 0 Å². The summed E-state index contributed by atoms with van der Waals surface area (Å²) in [6.45, 7) is 0. The number of aliphatic hydroxyl groups excluding tert-OH is 1. The van der Waals surface area contributed by atoms with Gasteiger partial charge in [-0.3, -0.25) is 0 Å². The van der Waals surface area contributed by atoms with Crippen molar-refractivity contribution >= 4 is 12.4 Å². The highest BCUT2D eigenvalue weighted by Crippen LogP contribution is 2.21. The van der Waals surface area contributed by atoms with Crippen molar-refractivity contribution in [3.8, 4) is 5.75 Å². The third-order valence-corrected chi connectivity index (χ3v) is 2.96. The molecule has 0 saturated carbocycles. The van der Waals surface area contributed by atoms with Gasteiger partial charge in [0.2, 0.25) is 0 Å². The summed E-state index contributed by atoms with van der Waals surface area (Å²) in [4.78, 5) is 0. The predicted octanol–water partition coefficient (Wildman–Crippen LogP) is 2.42. The van der Waals surface area contributed by atoms with Crippen LogP contribution in [0.15, 0.2) is 54.6 Å².